The first-order valence-electron chi connectivity index (χ1n) is 7.18. The summed E-state index contributed by atoms with van der Waals surface area (Å²) in [6, 6.07) is 13.3. The van der Waals surface area contributed by atoms with Gasteiger partial charge in [-0.05, 0) is 35.9 Å². The van der Waals surface area contributed by atoms with E-state index < -0.39 is 0 Å². The zero-order valence-electron chi connectivity index (χ0n) is 12.7. The van der Waals surface area contributed by atoms with Crippen LogP contribution < -0.4 is 9.47 Å². The maximum Gasteiger partial charge on any atom is 0.200 e. The second-order valence-electron chi connectivity index (χ2n) is 4.95. The second kappa shape index (κ2) is 6.75. The van der Waals surface area contributed by atoms with Crippen LogP contribution in [0.15, 0.2) is 64.9 Å². The van der Waals surface area contributed by atoms with Crippen molar-refractivity contribution in [3.8, 4) is 11.5 Å². The van der Waals surface area contributed by atoms with Crippen molar-refractivity contribution in [1.82, 2.24) is 0 Å². The highest BCUT2D eigenvalue weighted by Crippen LogP contribution is 2.41. The van der Waals surface area contributed by atoms with E-state index in [0.29, 0.717) is 23.0 Å². The Balaban J connectivity index is 1.89. The highest BCUT2D eigenvalue weighted by molar-refractivity contribution is 8.04. The number of hydrogen-bond donors (Lipinski definition) is 0. The molecule has 4 heteroatoms. The van der Waals surface area contributed by atoms with Gasteiger partial charge in [-0.2, -0.15) is 0 Å². The predicted molar refractivity (Wildman–Crippen MR) is 93.3 cm³/mol. The molecule has 2 aromatic carbocycles. The topological polar surface area (TPSA) is 35.5 Å². The van der Waals surface area contributed by atoms with E-state index in [1.807, 2.05) is 48.5 Å². The van der Waals surface area contributed by atoms with Gasteiger partial charge in [0, 0.05) is 10.5 Å². The number of allylic oxidation sites excluding steroid dienone is 1. The van der Waals surface area contributed by atoms with Crippen molar-refractivity contribution in [2.24, 2.45) is 0 Å². The van der Waals surface area contributed by atoms with Crippen LogP contribution in [0.5, 0.6) is 11.5 Å². The Bertz CT molecular complexity index is 793. The van der Waals surface area contributed by atoms with Crippen LogP contribution in [-0.4, -0.2) is 19.5 Å². The fourth-order valence-electron chi connectivity index (χ4n) is 2.33. The number of fused-ring (bicyclic) bond motifs is 1. The minimum absolute atomic E-state index is 0.0663. The van der Waals surface area contributed by atoms with Gasteiger partial charge in [0.25, 0.3) is 0 Å². The minimum atomic E-state index is 0.0663. The van der Waals surface area contributed by atoms with E-state index in [-0.39, 0.29) is 5.78 Å². The molecule has 0 saturated heterocycles. The van der Waals surface area contributed by atoms with Gasteiger partial charge in [-0.15, -0.1) is 0 Å². The maximum atomic E-state index is 12.4. The molecule has 0 radical (unpaired) electrons. The van der Waals surface area contributed by atoms with Crippen LogP contribution in [0.25, 0.3) is 6.08 Å². The highest BCUT2D eigenvalue weighted by atomic mass is 32.2. The van der Waals surface area contributed by atoms with Crippen LogP contribution in [0, 0.1) is 0 Å². The Morgan fingerprint density at radius 2 is 2.00 bits per heavy atom. The molecule has 1 heterocycles. The lowest BCUT2D eigenvalue weighted by atomic mass is 10.1. The third-order valence-corrected chi connectivity index (χ3v) is 4.52. The van der Waals surface area contributed by atoms with Gasteiger partial charge in [-0.3, -0.25) is 4.79 Å². The summed E-state index contributed by atoms with van der Waals surface area (Å²) in [4.78, 5) is 14.1. The maximum absolute atomic E-state index is 12.4. The quantitative estimate of drug-likeness (QED) is 0.595. The molecule has 0 unspecified atom stereocenters. The summed E-state index contributed by atoms with van der Waals surface area (Å²) < 4.78 is 10.9. The first kappa shape index (κ1) is 15.4. The molecular weight excluding hydrogens is 308 g/mol. The first-order chi connectivity index (χ1) is 11.2. The highest BCUT2D eigenvalue weighted by Gasteiger charge is 2.25. The second-order valence-corrected chi connectivity index (χ2v) is 6.03. The Hall–Kier alpha value is -2.46. The van der Waals surface area contributed by atoms with Crippen LogP contribution in [0.4, 0.5) is 0 Å². The number of ketones is 1. The molecule has 3 rings (SSSR count). The van der Waals surface area contributed by atoms with Crippen molar-refractivity contribution in [3.63, 3.8) is 0 Å². The van der Waals surface area contributed by atoms with E-state index in [2.05, 4.69) is 6.58 Å². The molecule has 0 aromatic heterocycles. The molecule has 23 heavy (non-hydrogen) atoms. The van der Waals surface area contributed by atoms with Crippen molar-refractivity contribution in [2.45, 2.75) is 4.90 Å². The van der Waals surface area contributed by atoms with Gasteiger partial charge in [0.05, 0.1) is 12.0 Å². The van der Waals surface area contributed by atoms with Crippen molar-refractivity contribution in [1.29, 1.82) is 0 Å². The number of ether oxygens (including phenoxy) is 2. The normalized spacial score (nSPS) is 14.7. The smallest absolute Gasteiger partial charge is 0.200 e. The SMILES string of the molecule is C=CCOc1ccc(/C=C2\Sc3ccccc3C2=O)cc1OC. The summed E-state index contributed by atoms with van der Waals surface area (Å²) in [5.74, 6) is 1.36. The van der Waals surface area contributed by atoms with Crippen molar-refractivity contribution in [3.05, 3.63) is 71.2 Å². The molecule has 2 aromatic rings. The van der Waals surface area contributed by atoms with E-state index in [1.54, 1.807) is 13.2 Å². The van der Waals surface area contributed by atoms with Crippen molar-refractivity contribution >= 4 is 23.6 Å². The summed E-state index contributed by atoms with van der Waals surface area (Å²) in [5, 5.41) is 0. The number of rotatable bonds is 5. The van der Waals surface area contributed by atoms with E-state index in [0.717, 1.165) is 16.0 Å². The lowest BCUT2D eigenvalue weighted by molar-refractivity contribution is 0.104. The lowest BCUT2D eigenvalue weighted by Crippen LogP contribution is -1.97. The summed E-state index contributed by atoms with van der Waals surface area (Å²) in [5.41, 5.74) is 1.66. The van der Waals surface area contributed by atoms with Gasteiger partial charge < -0.3 is 9.47 Å². The molecule has 0 fully saturated rings. The average molecular weight is 324 g/mol. The third-order valence-electron chi connectivity index (χ3n) is 3.42. The molecule has 0 atom stereocenters. The average Bonchev–Trinajstić information content (AvgIpc) is 2.90. The zero-order valence-corrected chi connectivity index (χ0v) is 13.6. The van der Waals surface area contributed by atoms with Crippen molar-refractivity contribution in [2.75, 3.05) is 13.7 Å². The number of methoxy groups -OCH3 is 1. The van der Waals surface area contributed by atoms with E-state index in [1.165, 1.54) is 11.8 Å². The number of benzene rings is 2. The standard InChI is InChI=1S/C19H16O3S/c1-3-10-22-15-9-8-13(11-16(15)21-2)12-18-19(20)14-6-4-5-7-17(14)23-18/h3-9,11-12H,1,10H2,2H3/b18-12-. The van der Waals surface area contributed by atoms with E-state index in [9.17, 15) is 4.79 Å². The van der Waals surface area contributed by atoms with Crippen LogP contribution in [0.2, 0.25) is 0 Å². The van der Waals surface area contributed by atoms with Gasteiger partial charge in [0.1, 0.15) is 6.61 Å². The number of carbonyl (C=O) groups excluding carboxylic acids is 1. The Kier molecular flexibility index (Phi) is 4.53. The first-order valence-corrected chi connectivity index (χ1v) is 7.99. The van der Waals surface area contributed by atoms with E-state index in [4.69, 9.17) is 9.47 Å². The molecule has 0 saturated carbocycles. The molecule has 3 nitrogen and oxygen atoms in total. The van der Waals surface area contributed by atoms with Gasteiger partial charge >= 0.3 is 0 Å². The summed E-state index contributed by atoms with van der Waals surface area (Å²) in [6.45, 7) is 4.05. The molecule has 0 spiro atoms. The fourth-order valence-corrected chi connectivity index (χ4v) is 3.38. The number of thioether (sulfide) groups is 1. The summed E-state index contributed by atoms with van der Waals surface area (Å²) in [6.07, 6.45) is 3.56. The van der Waals surface area contributed by atoms with Gasteiger partial charge in [0.15, 0.2) is 11.5 Å². The molecule has 0 aliphatic carbocycles. The van der Waals surface area contributed by atoms with E-state index >= 15 is 0 Å². The molecule has 1 aliphatic heterocycles. The molecule has 0 amide bonds. The zero-order chi connectivity index (χ0) is 16.2. The largest absolute Gasteiger partial charge is 0.493 e. The number of Topliss-reactive ketones (excluding diaryl/α,β-unsaturated/α-hetero) is 1. The molecule has 0 N–H and O–H groups in total. The lowest BCUT2D eigenvalue weighted by Gasteiger charge is -2.10. The summed E-state index contributed by atoms with van der Waals surface area (Å²) in [7, 11) is 1.60. The van der Waals surface area contributed by atoms with Crippen molar-refractivity contribution < 1.29 is 14.3 Å². The molecule has 0 bridgehead atoms. The number of carbonyl (C=O) groups is 1. The van der Waals surface area contributed by atoms with Crippen LogP contribution in [-0.2, 0) is 0 Å². The molecular formula is C19H16O3S. The Morgan fingerprint density at radius 1 is 1.17 bits per heavy atom. The minimum Gasteiger partial charge on any atom is -0.493 e. The molecule has 116 valence electrons. The predicted octanol–water partition coefficient (Wildman–Crippen LogP) is 4.59. The van der Waals surface area contributed by atoms with Crippen LogP contribution in [0.3, 0.4) is 0 Å². The Morgan fingerprint density at radius 3 is 2.74 bits per heavy atom. The monoisotopic (exact) mass is 324 g/mol. The fraction of sp³-hybridized carbons (Fsp3) is 0.105. The Labute approximate surface area is 139 Å². The third kappa shape index (κ3) is 3.17. The van der Waals surface area contributed by atoms with Crippen LogP contribution in [0.1, 0.15) is 15.9 Å². The molecule has 1 aliphatic rings. The summed E-state index contributed by atoms with van der Waals surface area (Å²) >= 11 is 1.50. The number of hydrogen-bond acceptors (Lipinski definition) is 4. The van der Waals surface area contributed by atoms with Gasteiger partial charge in [-0.25, -0.2) is 0 Å². The van der Waals surface area contributed by atoms with Gasteiger partial charge in [-0.1, -0.05) is 42.6 Å². The van der Waals surface area contributed by atoms with Crippen LogP contribution >= 0.6 is 11.8 Å². The van der Waals surface area contributed by atoms with Gasteiger partial charge in [0.2, 0.25) is 5.78 Å².